The van der Waals surface area contributed by atoms with Crippen LogP contribution in [0.4, 0.5) is 10.8 Å². The molecule has 9 heteroatoms. The summed E-state index contributed by atoms with van der Waals surface area (Å²) in [6.45, 7) is 3.10. The summed E-state index contributed by atoms with van der Waals surface area (Å²) in [7, 11) is 3.00. The van der Waals surface area contributed by atoms with Crippen LogP contribution in [0.2, 0.25) is 5.02 Å². The average Bonchev–Trinajstić information content (AvgIpc) is 3.17. The quantitative estimate of drug-likeness (QED) is 0.654. The number of halogens is 1. The summed E-state index contributed by atoms with van der Waals surface area (Å²) < 4.78 is 16.9. The van der Waals surface area contributed by atoms with Gasteiger partial charge in [0.15, 0.2) is 16.6 Å². The molecule has 1 N–H and O–H groups in total. The van der Waals surface area contributed by atoms with Crippen LogP contribution < -0.4 is 19.7 Å². The number of fused-ring (bicyclic) bond motifs is 1. The van der Waals surface area contributed by atoms with Gasteiger partial charge in [0.2, 0.25) is 0 Å². The molecule has 7 nitrogen and oxygen atoms in total. The predicted molar refractivity (Wildman–Crippen MR) is 115 cm³/mol. The highest BCUT2D eigenvalue weighted by Crippen LogP contribution is 2.36. The molecular weight excluding hydrogens is 414 g/mol. The maximum atomic E-state index is 12.7. The molecule has 2 heterocycles. The van der Waals surface area contributed by atoms with Crippen LogP contribution >= 0.6 is 22.9 Å². The SMILES string of the molecule is COc1cc(C(=O)Nc2ccc3nc(N4CCOCC4)sc3c2)cc(Cl)c1OC. The van der Waals surface area contributed by atoms with Gasteiger partial charge in [-0.2, -0.15) is 0 Å². The lowest BCUT2D eigenvalue weighted by Gasteiger charge is -2.25. The van der Waals surface area contributed by atoms with Gasteiger partial charge in [0.1, 0.15) is 0 Å². The molecule has 152 valence electrons. The number of methoxy groups -OCH3 is 2. The fourth-order valence-electron chi connectivity index (χ4n) is 3.13. The minimum atomic E-state index is -0.287. The van der Waals surface area contributed by atoms with Crippen LogP contribution in [0.5, 0.6) is 11.5 Å². The second-order valence-corrected chi connectivity index (χ2v) is 7.84. The van der Waals surface area contributed by atoms with Gasteiger partial charge < -0.3 is 24.4 Å². The molecule has 0 atom stereocenters. The Morgan fingerprint density at radius 1 is 1.21 bits per heavy atom. The number of ether oxygens (including phenoxy) is 3. The highest BCUT2D eigenvalue weighted by molar-refractivity contribution is 7.22. The van der Waals surface area contributed by atoms with Crippen molar-refractivity contribution in [2.24, 2.45) is 0 Å². The van der Waals surface area contributed by atoms with E-state index in [1.54, 1.807) is 23.5 Å². The van der Waals surface area contributed by atoms with E-state index in [-0.39, 0.29) is 5.91 Å². The molecule has 3 aromatic rings. The van der Waals surface area contributed by atoms with Gasteiger partial charge >= 0.3 is 0 Å². The number of amides is 1. The van der Waals surface area contributed by atoms with Crippen molar-refractivity contribution in [2.75, 3.05) is 50.7 Å². The minimum Gasteiger partial charge on any atom is -0.493 e. The second kappa shape index (κ2) is 8.44. The van der Waals surface area contributed by atoms with Crippen molar-refractivity contribution in [1.82, 2.24) is 4.98 Å². The lowest BCUT2D eigenvalue weighted by atomic mass is 10.1. The van der Waals surface area contributed by atoms with Crippen LogP contribution in [0.25, 0.3) is 10.2 Å². The van der Waals surface area contributed by atoms with Crippen LogP contribution in [-0.4, -0.2) is 51.4 Å². The summed E-state index contributed by atoms with van der Waals surface area (Å²) in [6, 6.07) is 8.83. The first-order valence-corrected chi connectivity index (χ1v) is 10.2. The monoisotopic (exact) mass is 433 g/mol. The third kappa shape index (κ3) is 4.10. The van der Waals surface area contributed by atoms with E-state index in [9.17, 15) is 4.79 Å². The molecule has 1 aliphatic heterocycles. The third-order valence-electron chi connectivity index (χ3n) is 4.61. The maximum absolute atomic E-state index is 12.7. The smallest absolute Gasteiger partial charge is 0.255 e. The zero-order valence-corrected chi connectivity index (χ0v) is 17.6. The maximum Gasteiger partial charge on any atom is 0.255 e. The number of rotatable bonds is 5. The van der Waals surface area contributed by atoms with E-state index >= 15 is 0 Å². The highest BCUT2D eigenvalue weighted by Gasteiger charge is 2.17. The van der Waals surface area contributed by atoms with Crippen molar-refractivity contribution in [1.29, 1.82) is 0 Å². The van der Waals surface area contributed by atoms with Gasteiger partial charge in [0, 0.05) is 24.3 Å². The van der Waals surface area contributed by atoms with E-state index in [0.29, 0.717) is 41.0 Å². The molecular formula is C20H20ClN3O4S. The number of carbonyl (C=O) groups is 1. The van der Waals surface area contributed by atoms with E-state index in [2.05, 4.69) is 10.2 Å². The molecule has 2 aromatic carbocycles. The minimum absolute atomic E-state index is 0.287. The molecule has 0 saturated carbocycles. The van der Waals surface area contributed by atoms with Crippen LogP contribution in [0.15, 0.2) is 30.3 Å². The van der Waals surface area contributed by atoms with Gasteiger partial charge in [-0.3, -0.25) is 4.79 Å². The molecule has 1 saturated heterocycles. The molecule has 1 amide bonds. The Morgan fingerprint density at radius 2 is 2.00 bits per heavy atom. The Morgan fingerprint density at radius 3 is 2.72 bits per heavy atom. The van der Waals surface area contributed by atoms with Crippen molar-refractivity contribution < 1.29 is 19.0 Å². The number of benzene rings is 2. The number of nitrogens with one attached hydrogen (secondary N) is 1. The zero-order chi connectivity index (χ0) is 20.4. The molecule has 0 aliphatic carbocycles. The molecule has 0 bridgehead atoms. The number of aromatic nitrogens is 1. The number of morpholine rings is 1. The molecule has 0 unspecified atom stereocenters. The van der Waals surface area contributed by atoms with Crippen molar-refractivity contribution in [3.63, 3.8) is 0 Å². The number of nitrogens with zero attached hydrogens (tertiary/aromatic N) is 2. The Balaban J connectivity index is 1.56. The molecule has 1 aromatic heterocycles. The Hall–Kier alpha value is -2.55. The fraction of sp³-hybridized carbons (Fsp3) is 0.300. The highest BCUT2D eigenvalue weighted by atomic mass is 35.5. The first-order valence-electron chi connectivity index (χ1n) is 9.05. The Bertz CT molecular complexity index is 1050. The van der Waals surface area contributed by atoms with Gasteiger partial charge in [-0.15, -0.1) is 0 Å². The number of hydrogen-bond donors (Lipinski definition) is 1. The number of anilines is 2. The van der Waals surface area contributed by atoms with Crippen molar-refractivity contribution in [3.8, 4) is 11.5 Å². The van der Waals surface area contributed by atoms with Crippen LogP contribution in [-0.2, 0) is 4.74 Å². The van der Waals surface area contributed by atoms with E-state index in [4.69, 9.17) is 30.8 Å². The summed E-state index contributed by atoms with van der Waals surface area (Å²) in [5.41, 5.74) is 1.97. The summed E-state index contributed by atoms with van der Waals surface area (Å²) in [4.78, 5) is 19.6. The normalized spacial score (nSPS) is 14.1. The van der Waals surface area contributed by atoms with Gasteiger partial charge in [-0.05, 0) is 30.3 Å². The first-order chi connectivity index (χ1) is 14.1. The van der Waals surface area contributed by atoms with Crippen LogP contribution in [0, 0.1) is 0 Å². The third-order valence-corrected chi connectivity index (χ3v) is 5.97. The first kappa shape index (κ1) is 19.8. The van der Waals surface area contributed by atoms with Crippen molar-refractivity contribution in [2.45, 2.75) is 0 Å². The summed E-state index contributed by atoms with van der Waals surface area (Å²) in [5, 5.41) is 4.19. The standard InChI is InChI=1S/C20H20ClN3O4S/c1-26-16-10-12(9-14(21)18(16)27-2)19(25)22-13-3-4-15-17(11-13)29-20(23-15)24-5-7-28-8-6-24/h3-4,9-11H,5-8H2,1-2H3,(H,22,25). The Kier molecular flexibility index (Phi) is 5.75. The lowest BCUT2D eigenvalue weighted by molar-refractivity contribution is 0.102. The number of hydrogen-bond acceptors (Lipinski definition) is 7. The second-order valence-electron chi connectivity index (χ2n) is 6.43. The predicted octanol–water partition coefficient (Wildman–Crippen LogP) is 4.06. The van der Waals surface area contributed by atoms with E-state index in [0.717, 1.165) is 28.4 Å². The van der Waals surface area contributed by atoms with E-state index in [1.807, 2.05) is 18.2 Å². The van der Waals surface area contributed by atoms with Gasteiger partial charge in [0.25, 0.3) is 5.91 Å². The Labute approximate surface area is 177 Å². The molecule has 1 fully saturated rings. The average molecular weight is 434 g/mol. The van der Waals surface area contributed by atoms with Gasteiger partial charge in [-0.25, -0.2) is 4.98 Å². The van der Waals surface area contributed by atoms with Crippen molar-refractivity contribution in [3.05, 3.63) is 40.9 Å². The topological polar surface area (TPSA) is 72.9 Å². The van der Waals surface area contributed by atoms with Gasteiger partial charge in [-0.1, -0.05) is 22.9 Å². The van der Waals surface area contributed by atoms with Crippen molar-refractivity contribution >= 4 is 49.9 Å². The van der Waals surface area contributed by atoms with Crippen LogP contribution in [0.3, 0.4) is 0 Å². The van der Waals surface area contributed by atoms with Crippen LogP contribution in [0.1, 0.15) is 10.4 Å². The molecule has 4 rings (SSSR count). The molecule has 0 spiro atoms. The molecule has 0 radical (unpaired) electrons. The largest absolute Gasteiger partial charge is 0.493 e. The van der Waals surface area contributed by atoms with E-state index in [1.165, 1.54) is 14.2 Å². The summed E-state index contributed by atoms with van der Waals surface area (Å²) in [5.74, 6) is 0.510. The molecule has 1 aliphatic rings. The van der Waals surface area contributed by atoms with Gasteiger partial charge in [0.05, 0.1) is 42.7 Å². The molecule has 29 heavy (non-hydrogen) atoms. The lowest BCUT2D eigenvalue weighted by Crippen LogP contribution is -2.36. The number of thiazole rings is 1. The fourth-order valence-corrected chi connectivity index (χ4v) is 4.48. The zero-order valence-electron chi connectivity index (χ0n) is 16.0. The number of carbonyl (C=O) groups excluding carboxylic acids is 1. The van der Waals surface area contributed by atoms with E-state index < -0.39 is 0 Å². The summed E-state index contributed by atoms with van der Waals surface area (Å²) >= 11 is 7.81. The summed E-state index contributed by atoms with van der Waals surface area (Å²) in [6.07, 6.45) is 0.